The van der Waals surface area contributed by atoms with Gasteiger partial charge in [0.2, 0.25) is 0 Å². The molecule has 1 saturated carbocycles. The zero-order valence-electron chi connectivity index (χ0n) is 6.58. The van der Waals surface area contributed by atoms with E-state index in [0.717, 1.165) is 5.75 Å². The number of nitrogens with zero attached hydrogens (tertiary/aromatic N) is 1. The molecule has 1 aromatic rings. The maximum atomic E-state index is 5.59. The first-order valence-electron chi connectivity index (χ1n) is 3.93. The van der Waals surface area contributed by atoms with Gasteiger partial charge in [-0.3, -0.25) is 4.98 Å². The Morgan fingerprint density at radius 3 is 3.00 bits per heavy atom. The van der Waals surface area contributed by atoms with E-state index in [1.807, 2.05) is 13.0 Å². The third kappa shape index (κ3) is 1.50. The average Bonchev–Trinajstić information content (AvgIpc) is 2.78. The predicted octanol–water partition coefficient (Wildman–Crippen LogP) is 1.93. The van der Waals surface area contributed by atoms with Crippen molar-refractivity contribution in [2.75, 3.05) is 0 Å². The Balaban J connectivity index is 2.15. The van der Waals surface area contributed by atoms with E-state index in [9.17, 15) is 0 Å². The van der Waals surface area contributed by atoms with Gasteiger partial charge in [-0.1, -0.05) is 0 Å². The maximum Gasteiger partial charge on any atom is 0.140 e. The molecule has 11 heavy (non-hydrogen) atoms. The summed E-state index contributed by atoms with van der Waals surface area (Å²) >= 11 is 0. The smallest absolute Gasteiger partial charge is 0.140 e. The van der Waals surface area contributed by atoms with Crippen LogP contribution in [0.1, 0.15) is 18.4 Å². The largest absolute Gasteiger partial charge is 0.489 e. The second kappa shape index (κ2) is 2.53. The predicted molar refractivity (Wildman–Crippen MR) is 42.6 cm³/mol. The Labute approximate surface area is 66.2 Å². The first kappa shape index (κ1) is 6.65. The fraction of sp³-hybridized carbons (Fsp3) is 0.444. The molecular weight excluding hydrogens is 138 g/mol. The number of hydrogen-bond acceptors (Lipinski definition) is 2. The van der Waals surface area contributed by atoms with Crippen LogP contribution in [0.5, 0.6) is 5.75 Å². The van der Waals surface area contributed by atoms with Gasteiger partial charge in [-0.25, -0.2) is 0 Å². The van der Waals surface area contributed by atoms with Gasteiger partial charge in [0.15, 0.2) is 0 Å². The van der Waals surface area contributed by atoms with Crippen LogP contribution in [0.3, 0.4) is 0 Å². The first-order valence-corrected chi connectivity index (χ1v) is 3.93. The van der Waals surface area contributed by atoms with E-state index in [2.05, 4.69) is 4.98 Å². The number of pyridine rings is 1. The molecule has 1 aliphatic rings. The highest BCUT2D eigenvalue weighted by Crippen LogP contribution is 2.27. The van der Waals surface area contributed by atoms with E-state index in [1.54, 1.807) is 12.4 Å². The molecule has 0 aliphatic heterocycles. The molecule has 1 fully saturated rings. The van der Waals surface area contributed by atoms with Crippen LogP contribution < -0.4 is 4.74 Å². The van der Waals surface area contributed by atoms with Crippen molar-refractivity contribution in [1.82, 2.24) is 4.98 Å². The second-order valence-corrected chi connectivity index (χ2v) is 2.96. The zero-order valence-corrected chi connectivity index (χ0v) is 6.58. The van der Waals surface area contributed by atoms with Gasteiger partial charge in [0.05, 0.1) is 12.3 Å². The van der Waals surface area contributed by atoms with Gasteiger partial charge >= 0.3 is 0 Å². The van der Waals surface area contributed by atoms with Gasteiger partial charge in [0.25, 0.3) is 0 Å². The molecule has 0 unspecified atom stereocenters. The van der Waals surface area contributed by atoms with Crippen LogP contribution in [0.4, 0.5) is 0 Å². The van der Waals surface area contributed by atoms with Gasteiger partial charge < -0.3 is 4.74 Å². The molecular formula is C9H11NO. The van der Waals surface area contributed by atoms with Gasteiger partial charge in [0, 0.05) is 6.20 Å². The Bertz CT molecular complexity index is 255. The number of rotatable bonds is 2. The summed E-state index contributed by atoms with van der Waals surface area (Å²) in [4.78, 5) is 4.00. The molecule has 0 bridgehead atoms. The first-order chi connectivity index (χ1) is 5.36. The lowest BCUT2D eigenvalue weighted by molar-refractivity contribution is 0.300. The van der Waals surface area contributed by atoms with E-state index < -0.39 is 0 Å². The van der Waals surface area contributed by atoms with Crippen molar-refractivity contribution in [2.24, 2.45) is 0 Å². The normalized spacial score (nSPS) is 16.5. The third-order valence-electron chi connectivity index (χ3n) is 1.81. The standard InChI is InChI=1S/C9H11NO/c1-7-4-5-10-6-9(7)11-8-2-3-8/h4-6,8H,2-3H2,1H3. The molecule has 1 heterocycles. The lowest BCUT2D eigenvalue weighted by Gasteiger charge is -2.05. The van der Waals surface area contributed by atoms with Crippen molar-refractivity contribution in [3.63, 3.8) is 0 Å². The molecule has 2 heteroatoms. The molecule has 0 saturated heterocycles. The minimum absolute atomic E-state index is 0.470. The van der Waals surface area contributed by atoms with E-state index in [1.165, 1.54) is 18.4 Å². The Morgan fingerprint density at radius 1 is 1.55 bits per heavy atom. The van der Waals surface area contributed by atoms with Crippen LogP contribution in [0, 0.1) is 6.92 Å². The average molecular weight is 149 g/mol. The Kier molecular flexibility index (Phi) is 1.53. The topological polar surface area (TPSA) is 22.1 Å². The molecule has 2 rings (SSSR count). The molecule has 58 valence electrons. The summed E-state index contributed by atoms with van der Waals surface area (Å²) in [7, 11) is 0. The fourth-order valence-corrected chi connectivity index (χ4v) is 0.938. The summed E-state index contributed by atoms with van der Waals surface area (Å²) in [6.45, 7) is 2.04. The van der Waals surface area contributed by atoms with Crippen LogP contribution in [0.15, 0.2) is 18.5 Å². The van der Waals surface area contributed by atoms with E-state index in [0.29, 0.717) is 6.10 Å². The fourth-order valence-electron chi connectivity index (χ4n) is 0.938. The summed E-state index contributed by atoms with van der Waals surface area (Å²) in [6.07, 6.45) is 6.45. The molecule has 2 nitrogen and oxygen atoms in total. The van der Waals surface area contributed by atoms with Crippen molar-refractivity contribution in [3.8, 4) is 5.75 Å². The molecule has 0 atom stereocenters. The summed E-state index contributed by atoms with van der Waals surface area (Å²) in [5, 5.41) is 0. The summed E-state index contributed by atoms with van der Waals surface area (Å²) < 4.78 is 5.59. The lowest BCUT2D eigenvalue weighted by Crippen LogP contribution is -1.97. The molecule has 0 spiro atoms. The number of aryl methyl sites for hydroxylation is 1. The third-order valence-corrected chi connectivity index (χ3v) is 1.81. The lowest BCUT2D eigenvalue weighted by atomic mass is 10.3. The second-order valence-electron chi connectivity index (χ2n) is 2.96. The van der Waals surface area contributed by atoms with Crippen molar-refractivity contribution in [1.29, 1.82) is 0 Å². The van der Waals surface area contributed by atoms with Crippen LogP contribution in [-0.2, 0) is 0 Å². The van der Waals surface area contributed by atoms with Gasteiger partial charge in [-0.05, 0) is 31.4 Å². The highest BCUT2D eigenvalue weighted by molar-refractivity contribution is 5.28. The van der Waals surface area contributed by atoms with Gasteiger partial charge in [-0.15, -0.1) is 0 Å². The number of ether oxygens (including phenoxy) is 1. The monoisotopic (exact) mass is 149 g/mol. The summed E-state index contributed by atoms with van der Waals surface area (Å²) in [5.74, 6) is 0.940. The minimum Gasteiger partial charge on any atom is -0.489 e. The molecule has 1 aromatic heterocycles. The molecule has 1 aliphatic carbocycles. The molecule has 0 N–H and O–H groups in total. The number of aromatic nitrogens is 1. The van der Waals surface area contributed by atoms with Gasteiger partial charge in [-0.2, -0.15) is 0 Å². The molecule has 0 amide bonds. The Hall–Kier alpha value is -1.05. The highest BCUT2D eigenvalue weighted by atomic mass is 16.5. The number of hydrogen-bond donors (Lipinski definition) is 0. The van der Waals surface area contributed by atoms with Gasteiger partial charge in [0.1, 0.15) is 5.75 Å². The SMILES string of the molecule is Cc1ccncc1OC1CC1. The van der Waals surface area contributed by atoms with Crippen LogP contribution in [-0.4, -0.2) is 11.1 Å². The quantitative estimate of drug-likeness (QED) is 0.641. The van der Waals surface area contributed by atoms with Crippen molar-refractivity contribution in [3.05, 3.63) is 24.0 Å². The summed E-state index contributed by atoms with van der Waals surface area (Å²) in [6, 6.07) is 1.97. The van der Waals surface area contributed by atoms with Crippen molar-refractivity contribution >= 4 is 0 Å². The van der Waals surface area contributed by atoms with E-state index >= 15 is 0 Å². The Morgan fingerprint density at radius 2 is 2.36 bits per heavy atom. The maximum absolute atomic E-state index is 5.59. The zero-order chi connectivity index (χ0) is 7.68. The van der Waals surface area contributed by atoms with Crippen LogP contribution >= 0.6 is 0 Å². The van der Waals surface area contributed by atoms with Crippen molar-refractivity contribution < 1.29 is 4.74 Å². The highest BCUT2D eigenvalue weighted by Gasteiger charge is 2.23. The van der Waals surface area contributed by atoms with Crippen LogP contribution in [0.25, 0.3) is 0 Å². The van der Waals surface area contributed by atoms with Crippen LogP contribution in [0.2, 0.25) is 0 Å². The minimum atomic E-state index is 0.470. The molecule has 0 aromatic carbocycles. The molecule has 0 radical (unpaired) electrons. The van der Waals surface area contributed by atoms with E-state index in [-0.39, 0.29) is 0 Å². The van der Waals surface area contributed by atoms with Crippen molar-refractivity contribution in [2.45, 2.75) is 25.9 Å². The summed E-state index contributed by atoms with van der Waals surface area (Å²) in [5.41, 5.74) is 1.17. The van der Waals surface area contributed by atoms with E-state index in [4.69, 9.17) is 4.74 Å².